The number of hydrogen-bond acceptors (Lipinski definition) is 3. The molecule has 0 aliphatic carbocycles. The number of benzene rings is 2. The Bertz CT molecular complexity index is 910. The van der Waals surface area contributed by atoms with E-state index in [-0.39, 0.29) is 5.91 Å². The van der Waals surface area contributed by atoms with Crippen molar-refractivity contribution < 1.29 is 13.9 Å². The smallest absolute Gasteiger partial charge is 0.248 e. The number of rotatable bonds is 4. The first-order chi connectivity index (χ1) is 11.5. The predicted octanol–water partition coefficient (Wildman–Crippen LogP) is 5.06. The monoisotopic (exact) mass is 341 g/mol. The molecule has 1 N–H and O–H groups in total. The van der Waals surface area contributed by atoms with Gasteiger partial charge < -0.3 is 14.5 Å². The van der Waals surface area contributed by atoms with Crippen LogP contribution in [0.15, 0.2) is 53.0 Å². The zero-order valence-electron chi connectivity index (χ0n) is 13.3. The molecule has 0 saturated heterocycles. The van der Waals surface area contributed by atoms with Gasteiger partial charge in [-0.25, -0.2) is 0 Å². The van der Waals surface area contributed by atoms with Gasteiger partial charge in [-0.3, -0.25) is 4.79 Å². The summed E-state index contributed by atoms with van der Waals surface area (Å²) in [5, 5.41) is 4.17. The number of fused-ring (bicyclic) bond motifs is 1. The maximum atomic E-state index is 12.0. The SMILES string of the molecule is COc1cc(Cl)cc2cc(/C=C/C(=O)Nc3ccc(C)cc3)oc12. The molecule has 4 nitrogen and oxygen atoms in total. The molecule has 0 atom stereocenters. The average Bonchev–Trinajstić information content (AvgIpc) is 2.97. The van der Waals surface area contributed by atoms with E-state index in [2.05, 4.69) is 5.32 Å². The number of methoxy groups -OCH3 is 1. The van der Waals surface area contributed by atoms with Crippen LogP contribution in [0, 0.1) is 6.92 Å². The van der Waals surface area contributed by atoms with E-state index in [0.717, 1.165) is 16.6 Å². The molecular formula is C19H16ClNO3. The summed E-state index contributed by atoms with van der Waals surface area (Å²) in [6, 6.07) is 12.9. The summed E-state index contributed by atoms with van der Waals surface area (Å²) in [7, 11) is 1.55. The lowest BCUT2D eigenvalue weighted by atomic mass is 10.2. The first-order valence-corrected chi connectivity index (χ1v) is 7.76. The molecule has 0 aliphatic rings. The van der Waals surface area contributed by atoms with Gasteiger partial charge in [0.1, 0.15) is 5.76 Å². The van der Waals surface area contributed by atoms with Crippen molar-refractivity contribution in [1.82, 2.24) is 0 Å². The molecule has 0 aliphatic heterocycles. The molecule has 0 saturated carbocycles. The first kappa shape index (κ1) is 16.1. The molecule has 24 heavy (non-hydrogen) atoms. The summed E-state index contributed by atoms with van der Waals surface area (Å²) < 4.78 is 11.0. The molecule has 5 heteroatoms. The van der Waals surface area contributed by atoms with Crippen molar-refractivity contribution in [3.05, 3.63) is 64.9 Å². The molecule has 0 radical (unpaired) electrons. The van der Waals surface area contributed by atoms with Crippen LogP contribution >= 0.6 is 11.6 Å². The van der Waals surface area contributed by atoms with Crippen molar-refractivity contribution in [2.45, 2.75) is 6.92 Å². The van der Waals surface area contributed by atoms with Gasteiger partial charge in [-0.05, 0) is 37.3 Å². The number of anilines is 1. The predicted molar refractivity (Wildman–Crippen MR) is 96.6 cm³/mol. The summed E-state index contributed by atoms with van der Waals surface area (Å²) in [6.07, 6.45) is 3.03. The molecule has 3 rings (SSSR count). The van der Waals surface area contributed by atoms with Gasteiger partial charge in [0.25, 0.3) is 0 Å². The average molecular weight is 342 g/mol. The Balaban J connectivity index is 1.77. The van der Waals surface area contributed by atoms with Crippen molar-refractivity contribution in [1.29, 1.82) is 0 Å². The number of ether oxygens (including phenoxy) is 1. The van der Waals surface area contributed by atoms with Gasteiger partial charge in [-0.2, -0.15) is 0 Å². The first-order valence-electron chi connectivity index (χ1n) is 7.38. The van der Waals surface area contributed by atoms with Crippen molar-refractivity contribution in [2.24, 2.45) is 0 Å². The number of amides is 1. The third kappa shape index (κ3) is 3.60. The lowest BCUT2D eigenvalue weighted by molar-refractivity contribution is -0.111. The molecule has 1 aromatic heterocycles. The van der Waals surface area contributed by atoms with E-state index >= 15 is 0 Å². The number of carbonyl (C=O) groups excluding carboxylic acids is 1. The zero-order chi connectivity index (χ0) is 17.1. The van der Waals surface area contributed by atoms with Crippen LogP contribution in [-0.4, -0.2) is 13.0 Å². The van der Waals surface area contributed by atoms with Gasteiger partial charge in [0.2, 0.25) is 5.91 Å². The molecule has 3 aromatic rings. The fraction of sp³-hybridized carbons (Fsp3) is 0.105. The van der Waals surface area contributed by atoms with Gasteiger partial charge in [0.05, 0.1) is 7.11 Å². The second-order valence-electron chi connectivity index (χ2n) is 5.36. The molecule has 0 fully saturated rings. The highest BCUT2D eigenvalue weighted by atomic mass is 35.5. The molecular weight excluding hydrogens is 326 g/mol. The Labute approximate surface area is 144 Å². The number of halogens is 1. The van der Waals surface area contributed by atoms with Crippen LogP contribution in [0.4, 0.5) is 5.69 Å². The van der Waals surface area contributed by atoms with Crippen LogP contribution in [0.2, 0.25) is 5.02 Å². The summed E-state index contributed by atoms with van der Waals surface area (Å²) in [6.45, 7) is 1.99. The maximum Gasteiger partial charge on any atom is 0.248 e. The molecule has 122 valence electrons. The summed E-state index contributed by atoms with van der Waals surface area (Å²) in [5.41, 5.74) is 2.48. The number of hydrogen-bond donors (Lipinski definition) is 1. The highest BCUT2D eigenvalue weighted by molar-refractivity contribution is 6.31. The lowest BCUT2D eigenvalue weighted by Gasteiger charge is -2.01. The van der Waals surface area contributed by atoms with E-state index in [9.17, 15) is 4.79 Å². The van der Waals surface area contributed by atoms with E-state index in [4.69, 9.17) is 20.8 Å². The van der Waals surface area contributed by atoms with Gasteiger partial charge in [0, 0.05) is 28.2 Å². The normalized spacial score (nSPS) is 11.1. The van der Waals surface area contributed by atoms with Gasteiger partial charge >= 0.3 is 0 Å². The van der Waals surface area contributed by atoms with Crippen molar-refractivity contribution in [3.8, 4) is 5.75 Å². The van der Waals surface area contributed by atoms with Gasteiger partial charge in [-0.1, -0.05) is 29.3 Å². The standard InChI is InChI=1S/C19H16ClNO3/c1-12-3-5-15(6-4-12)21-18(22)8-7-16-10-13-9-14(20)11-17(23-2)19(13)24-16/h3-11H,1-2H3,(H,21,22)/b8-7+. The third-order valence-electron chi connectivity index (χ3n) is 3.50. The van der Waals surface area contributed by atoms with Crippen LogP contribution < -0.4 is 10.1 Å². The second kappa shape index (κ2) is 6.81. The number of nitrogens with one attached hydrogen (secondary N) is 1. The second-order valence-corrected chi connectivity index (χ2v) is 5.80. The number of furan rings is 1. The Hall–Kier alpha value is -2.72. The highest BCUT2D eigenvalue weighted by Crippen LogP contribution is 2.32. The Kier molecular flexibility index (Phi) is 4.58. The van der Waals surface area contributed by atoms with Crippen molar-refractivity contribution >= 4 is 40.2 Å². The lowest BCUT2D eigenvalue weighted by Crippen LogP contribution is -2.07. The Morgan fingerprint density at radius 3 is 2.67 bits per heavy atom. The van der Waals surface area contributed by atoms with Crippen molar-refractivity contribution in [3.63, 3.8) is 0 Å². The van der Waals surface area contributed by atoms with E-state index < -0.39 is 0 Å². The maximum absolute atomic E-state index is 12.0. The topological polar surface area (TPSA) is 51.5 Å². The fourth-order valence-corrected chi connectivity index (χ4v) is 2.53. The minimum atomic E-state index is -0.232. The number of carbonyl (C=O) groups is 1. The molecule has 0 bridgehead atoms. The summed E-state index contributed by atoms with van der Waals surface area (Å²) in [5.74, 6) is 0.871. The minimum absolute atomic E-state index is 0.232. The van der Waals surface area contributed by atoms with Gasteiger partial charge in [-0.15, -0.1) is 0 Å². The Morgan fingerprint density at radius 1 is 1.21 bits per heavy atom. The van der Waals surface area contributed by atoms with Crippen LogP contribution in [0.1, 0.15) is 11.3 Å². The van der Waals surface area contributed by atoms with Crippen LogP contribution in [0.5, 0.6) is 5.75 Å². The third-order valence-corrected chi connectivity index (χ3v) is 3.72. The summed E-state index contributed by atoms with van der Waals surface area (Å²) in [4.78, 5) is 12.0. The van der Waals surface area contributed by atoms with Crippen molar-refractivity contribution in [2.75, 3.05) is 12.4 Å². The quantitative estimate of drug-likeness (QED) is 0.675. The minimum Gasteiger partial charge on any atom is -0.493 e. The fourth-order valence-electron chi connectivity index (χ4n) is 2.32. The van der Waals surface area contributed by atoms with E-state index in [1.165, 1.54) is 6.08 Å². The van der Waals surface area contributed by atoms with E-state index in [1.807, 2.05) is 31.2 Å². The van der Waals surface area contributed by atoms with Crippen LogP contribution in [-0.2, 0) is 4.79 Å². The van der Waals surface area contributed by atoms with E-state index in [1.54, 1.807) is 31.4 Å². The molecule has 1 heterocycles. The van der Waals surface area contributed by atoms with Crippen LogP contribution in [0.3, 0.4) is 0 Å². The summed E-state index contributed by atoms with van der Waals surface area (Å²) >= 11 is 6.04. The van der Waals surface area contributed by atoms with E-state index in [0.29, 0.717) is 22.1 Å². The largest absolute Gasteiger partial charge is 0.493 e. The molecule has 0 unspecified atom stereocenters. The number of aryl methyl sites for hydroxylation is 1. The molecule has 1 amide bonds. The molecule has 2 aromatic carbocycles. The van der Waals surface area contributed by atoms with Gasteiger partial charge in [0.15, 0.2) is 11.3 Å². The zero-order valence-corrected chi connectivity index (χ0v) is 14.1. The Morgan fingerprint density at radius 2 is 1.96 bits per heavy atom. The molecule has 0 spiro atoms. The highest BCUT2D eigenvalue weighted by Gasteiger charge is 2.09. The van der Waals surface area contributed by atoms with Crippen LogP contribution in [0.25, 0.3) is 17.0 Å².